The van der Waals surface area contributed by atoms with E-state index in [1.165, 1.54) is 7.11 Å². The molecule has 2 N–H and O–H groups in total. The average Bonchev–Trinajstić information content (AvgIpc) is 2.69. The second kappa shape index (κ2) is 8.27. The van der Waals surface area contributed by atoms with E-state index in [1.54, 1.807) is 30.3 Å². The minimum absolute atomic E-state index is 0.158. The van der Waals surface area contributed by atoms with Crippen molar-refractivity contribution in [1.29, 1.82) is 0 Å². The van der Waals surface area contributed by atoms with Crippen LogP contribution in [0.15, 0.2) is 48.0 Å². The van der Waals surface area contributed by atoms with E-state index in [1.807, 2.05) is 25.1 Å². The number of fused-ring (bicyclic) bond motifs is 1. The van der Waals surface area contributed by atoms with Crippen LogP contribution in [0.1, 0.15) is 12.5 Å². The topological polar surface area (TPSA) is 85.9 Å². The number of carbonyl (C=O) groups is 2. The highest BCUT2D eigenvalue weighted by molar-refractivity contribution is 6.07. The number of carbonyl (C=O) groups excluding carboxylic acids is 2. The van der Waals surface area contributed by atoms with E-state index in [9.17, 15) is 9.59 Å². The fraction of sp³-hybridized carbons (Fsp3) is 0.200. The van der Waals surface area contributed by atoms with Crippen LogP contribution in [-0.2, 0) is 9.53 Å². The summed E-state index contributed by atoms with van der Waals surface area (Å²) in [6, 6.07) is 12.3. The Bertz CT molecular complexity index is 874. The van der Waals surface area contributed by atoms with E-state index in [2.05, 4.69) is 15.4 Å². The van der Waals surface area contributed by atoms with Crippen molar-refractivity contribution in [1.82, 2.24) is 0 Å². The lowest BCUT2D eigenvalue weighted by Crippen LogP contribution is -2.21. The second-order valence-electron chi connectivity index (χ2n) is 5.71. The summed E-state index contributed by atoms with van der Waals surface area (Å²) in [5.41, 5.74) is 2.48. The minimum atomic E-state index is -0.554. The second-order valence-corrected chi connectivity index (χ2v) is 5.71. The lowest BCUT2D eigenvalue weighted by molar-refractivity contribution is -0.113. The zero-order valence-corrected chi connectivity index (χ0v) is 15.1. The summed E-state index contributed by atoms with van der Waals surface area (Å²) in [7, 11) is 1.29. The van der Waals surface area contributed by atoms with Crippen LogP contribution in [0.2, 0.25) is 0 Å². The highest BCUT2D eigenvalue weighted by Crippen LogP contribution is 2.35. The van der Waals surface area contributed by atoms with Gasteiger partial charge in [0.05, 0.1) is 19.3 Å². The van der Waals surface area contributed by atoms with Crippen LogP contribution < -0.4 is 20.1 Å². The smallest absolute Gasteiger partial charge is 0.411 e. The van der Waals surface area contributed by atoms with E-state index in [4.69, 9.17) is 9.47 Å². The van der Waals surface area contributed by atoms with Gasteiger partial charge in [0.2, 0.25) is 0 Å². The first kappa shape index (κ1) is 18.3. The van der Waals surface area contributed by atoms with E-state index < -0.39 is 6.09 Å². The van der Waals surface area contributed by atoms with Gasteiger partial charge in [0.25, 0.3) is 5.91 Å². The van der Waals surface area contributed by atoms with Crippen molar-refractivity contribution in [2.24, 2.45) is 0 Å². The van der Waals surface area contributed by atoms with Crippen LogP contribution in [0.25, 0.3) is 6.08 Å². The molecule has 2 amide bonds. The van der Waals surface area contributed by atoms with Crippen molar-refractivity contribution >= 4 is 29.5 Å². The van der Waals surface area contributed by atoms with E-state index in [0.29, 0.717) is 35.1 Å². The molecule has 7 nitrogen and oxygen atoms in total. The maximum absolute atomic E-state index is 12.5. The van der Waals surface area contributed by atoms with Gasteiger partial charge in [0.1, 0.15) is 6.61 Å². The van der Waals surface area contributed by atoms with Gasteiger partial charge in [-0.05, 0) is 43.3 Å². The molecule has 140 valence electrons. The molecular weight excluding hydrogens is 348 g/mol. The Hall–Kier alpha value is -3.48. The fourth-order valence-corrected chi connectivity index (χ4v) is 2.60. The number of para-hydroxylation sites is 1. The number of hydrogen-bond donors (Lipinski definition) is 2. The number of anilines is 2. The predicted octanol–water partition coefficient (Wildman–Crippen LogP) is 3.68. The zero-order chi connectivity index (χ0) is 19.2. The SMILES string of the molecule is CCOc1cccc2c1OCC(C(=O)Nc1ccc(NC(=O)OC)cc1)=C2. The summed E-state index contributed by atoms with van der Waals surface area (Å²) < 4.78 is 15.8. The molecule has 27 heavy (non-hydrogen) atoms. The number of amides is 2. The van der Waals surface area contributed by atoms with Crippen molar-refractivity contribution < 1.29 is 23.8 Å². The summed E-state index contributed by atoms with van der Waals surface area (Å²) in [4.78, 5) is 23.7. The van der Waals surface area contributed by atoms with E-state index >= 15 is 0 Å². The maximum Gasteiger partial charge on any atom is 0.411 e. The molecule has 7 heteroatoms. The molecule has 0 atom stereocenters. The zero-order valence-electron chi connectivity index (χ0n) is 15.1. The molecule has 1 aliphatic rings. The van der Waals surface area contributed by atoms with Crippen LogP contribution in [0.4, 0.5) is 16.2 Å². The van der Waals surface area contributed by atoms with Crippen LogP contribution in [0.5, 0.6) is 11.5 Å². The van der Waals surface area contributed by atoms with Crippen LogP contribution in [-0.4, -0.2) is 32.3 Å². The Morgan fingerprint density at radius 2 is 1.78 bits per heavy atom. The number of benzene rings is 2. The monoisotopic (exact) mass is 368 g/mol. The van der Waals surface area contributed by atoms with Crippen molar-refractivity contribution in [2.45, 2.75) is 6.92 Å². The molecule has 0 unspecified atom stereocenters. The molecule has 1 heterocycles. The van der Waals surface area contributed by atoms with E-state index in [0.717, 1.165) is 5.56 Å². The number of hydrogen-bond acceptors (Lipinski definition) is 5. The molecule has 0 radical (unpaired) electrons. The standard InChI is InChI=1S/C20H20N2O5/c1-3-26-17-6-4-5-13-11-14(12-27-18(13)17)19(23)21-15-7-9-16(10-8-15)22-20(24)25-2/h4-11H,3,12H2,1-2H3,(H,21,23)(H,22,24). The Labute approximate surface area is 156 Å². The fourth-order valence-electron chi connectivity index (χ4n) is 2.60. The first-order valence-electron chi connectivity index (χ1n) is 8.46. The van der Waals surface area contributed by atoms with Crippen molar-refractivity contribution in [3.8, 4) is 11.5 Å². The molecule has 0 spiro atoms. The first-order chi connectivity index (χ1) is 13.1. The molecule has 0 saturated carbocycles. The summed E-state index contributed by atoms with van der Waals surface area (Å²) in [5, 5.41) is 5.36. The van der Waals surface area contributed by atoms with Crippen molar-refractivity contribution in [2.75, 3.05) is 31.0 Å². The van der Waals surface area contributed by atoms with Gasteiger partial charge in [0, 0.05) is 16.9 Å². The van der Waals surface area contributed by atoms with Gasteiger partial charge in [-0.3, -0.25) is 10.1 Å². The molecule has 0 saturated heterocycles. The molecule has 0 fully saturated rings. The van der Waals surface area contributed by atoms with Gasteiger partial charge in [-0.15, -0.1) is 0 Å². The summed E-state index contributed by atoms with van der Waals surface area (Å²) >= 11 is 0. The molecule has 2 aromatic rings. The Balaban J connectivity index is 1.70. The largest absolute Gasteiger partial charge is 0.490 e. The highest BCUT2D eigenvalue weighted by atomic mass is 16.5. The Kier molecular flexibility index (Phi) is 5.61. The quantitative estimate of drug-likeness (QED) is 0.841. The predicted molar refractivity (Wildman–Crippen MR) is 102 cm³/mol. The average molecular weight is 368 g/mol. The van der Waals surface area contributed by atoms with Gasteiger partial charge in [0.15, 0.2) is 11.5 Å². The van der Waals surface area contributed by atoms with Crippen LogP contribution in [0, 0.1) is 0 Å². The molecule has 0 aliphatic carbocycles. The maximum atomic E-state index is 12.5. The molecule has 2 aromatic carbocycles. The number of ether oxygens (including phenoxy) is 3. The third-order valence-corrected chi connectivity index (χ3v) is 3.88. The Morgan fingerprint density at radius 1 is 1.07 bits per heavy atom. The summed E-state index contributed by atoms with van der Waals surface area (Å²) in [6.07, 6.45) is 1.24. The lowest BCUT2D eigenvalue weighted by atomic mass is 10.1. The highest BCUT2D eigenvalue weighted by Gasteiger charge is 2.20. The van der Waals surface area contributed by atoms with Crippen LogP contribution >= 0.6 is 0 Å². The van der Waals surface area contributed by atoms with Crippen molar-refractivity contribution in [3.05, 3.63) is 53.6 Å². The Morgan fingerprint density at radius 3 is 2.44 bits per heavy atom. The van der Waals surface area contributed by atoms with Gasteiger partial charge >= 0.3 is 6.09 Å². The lowest BCUT2D eigenvalue weighted by Gasteiger charge is -2.20. The van der Waals surface area contributed by atoms with Gasteiger partial charge in [-0.2, -0.15) is 0 Å². The normalized spacial score (nSPS) is 12.1. The van der Waals surface area contributed by atoms with Gasteiger partial charge in [-0.1, -0.05) is 12.1 Å². The van der Waals surface area contributed by atoms with Gasteiger partial charge < -0.3 is 19.5 Å². The number of nitrogens with one attached hydrogen (secondary N) is 2. The molecule has 1 aliphatic heterocycles. The third kappa shape index (κ3) is 4.38. The number of methoxy groups -OCH3 is 1. The molecule has 0 bridgehead atoms. The number of rotatable bonds is 5. The summed E-state index contributed by atoms with van der Waals surface area (Å²) in [6.45, 7) is 2.60. The van der Waals surface area contributed by atoms with Gasteiger partial charge in [-0.25, -0.2) is 4.79 Å². The summed E-state index contributed by atoms with van der Waals surface area (Å²) in [5.74, 6) is 1.06. The molecule has 0 aromatic heterocycles. The van der Waals surface area contributed by atoms with E-state index in [-0.39, 0.29) is 12.5 Å². The molecule has 3 rings (SSSR count). The first-order valence-corrected chi connectivity index (χ1v) is 8.46. The van der Waals surface area contributed by atoms with Crippen LogP contribution in [0.3, 0.4) is 0 Å². The van der Waals surface area contributed by atoms with Crippen molar-refractivity contribution in [3.63, 3.8) is 0 Å². The molecular formula is C20H20N2O5. The third-order valence-electron chi connectivity index (χ3n) is 3.88. The minimum Gasteiger partial charge on any atom is -0.490 e.